The van der Waals surface area contributed by atoms with Gasteiger partial charge < -0.3 is 10.6 Å². The van der Waals surface area contributed by atoms with Crippen LogP contribution in [0.15, 0.2) is 42.5 Å². The molecule has 4 heteroatoms. The molecule has 1 fully saturated rings. The number of anilines is 1. The molecule has 1 aliphatic heterocycles. The fourth-order valence-electron chi connectivity index (χ4n) is 4.94. The topological polar surface area (TPSA) is 46.3 Å². The van der Waals surface area contributed by atoms with E-state index in [0.717, 1.165) is 19.4 Å². The van der Waals surface area contributed by atoms with Gasteiger partial charge in [-0.15, -0.1) is 0 Å². The van der Waals surface area contributed by atoms with Crippen molar-refractivity contribution in [2.45, 2.75) is 45.1 Å². The Morgan fingerprint density at radius 1 is 1.19 bits per heavy atom. The van der Waals surface area contributed by atoms with Gasteiger partial charge in [0, 0.05) is 23.6 Å². The number of fused-ring (bicyclic) bond motifs is 4. The van der Waals surface area contributed by atoms with Gasteiger partial charge in [0.2, 0.25) is 0 Å². The average molecular weight is 369 g/mol. The van der Waals surface area contributed by atoms with Crippen LogP contribution in [-0.2, 0) is 11.8 Å². The molecule has 1 heterocycles. The summed E-state index contributed by atoms with van der Waals surface area (Å²) in [5.74, 6) is 0.0476. The minimum absolute atomic E-state index is 0.00708. The highest BCUT2D eigenvalue weighted by molar-refractivity contribution is 6.33. The van der Waals surface area contributed by atoms with Gasteiger partial charge in [-0.2, -0.15) is 0 Å². The van der Waals surface area contributed by atoms with E-state index in [2.05, 4.69) is 49.9 Å². The van der Waals surface area contributed by atoms with Crippen molar-refractivity contribution >= 4 is 23.2 Å². The van der Waals surface area contributed by atoms with Crippen molar-refractivity contribution in [2.75, 3.05) is 12.3 Å². The Hall–Kier alpha value is -2.00. The Labute approximate surface area is 160 Å². The molecular formula is C22H25ClN2O. The number of carbonyl (C=O) groups is 1. The number of nitrogens with two attached hydrogens (primary N) is 1. The van der Waals surface area contributed by atoms with Crippen LogP contribution in [0.2, 0.25) is 5.02 Å². The number of hydrogen-bond donors (Lipinski definition) is 1. The van der Waals surface area contributed by atoms with Gasteiger partial charge >= 0.3 is 0 Å². The lowest BCUT2D eigenvalue weighted by Gasteiger charge is -2.60. The minimum Gasteiger partial charge on any atom is -0.398 e. The fraction of sp³-hybridized carbons (Fsp3) is 0.409. The maximum atomic E-state index is 13.3. The van der Waals surface area contributed by atoms with Crippen LogP contribution in [0, 0.1) is 5.41 Å². The minimum atomic E-state index is -0.00708. The average Bonchev–Trinajstić information content (AvgIpc) is 2.60. The van der Waals surface area contributed by atoms with Gasteiger partial charge in [0.15, 0.2) is 0 Å². The first-order chi connectivity index (χ1) is 12.3. The number of nitrogens with zero attached hydrogens (tertiary/aromatic N) is 1. The first-order valence-electron chi connectivity index (χ1n) is 9.20. The van der Waals surface area contributed by atoms with E-state index in [1.165, 1.54) is 11.1 Å². The van der Waals surface area contributed by atoms with Crippen LogP contribution in [0.3, 0.4) is 0 Å². The zero-order valence-electron chi connectivity index (χ0n) is 15.6. The van der Waals surface area contributed by atoms with Crippen molar-refractivity contribution in [1.29, 1.82) is 0 Å². The molecule has 2 N–H and O–H groups in total. The molecule has 0 aromatic heterocycles. The molecular weight excluding hydrogens is 344 g/mol. The first-order valence-corrected chi connectivity index (χ1v) is 9.58. The van der Waals surface area contributed by atoms with Crippen molar-refractivity contribution in [3.05, 3.63) is 64.2 Å². The Bertz CT molecular complexity index is 891. The summed E-state index contributed by atoms with van der Waals surface area (Å²) >= 11 is 6.15. The molecule has 136 valence electrons. The van der Waals surface area contributed by atoms with Crippen LogP contribution in [0.25, 0.3) is 0 Å². The lowest BCUT2D eigenvalue weighted by molar-refractivity contribution is -0.0262. The van der Waals surface area contributed by atoms with E-state index in [0.29, 0.717) is 16.3 Å². The van der Waals surface area contributed by atoms with Gasteiger partial charge in [0.1, 0.15) is 0 Å². The third-order valence-corrected chi connectivity index (χ3v) is 7.34. The third-order valence-electron chi connectivity index (χ3n) is 7.02. The smallest absolute Gasteiger partial charge is 0.254 e. The maximum Gasteiger partial charge on any atom is 0.254 e. The van der Waals surface area contributed by atoms with Crippen LogP contribution < -0.4 is 5.73 Å². The number of nitrogen functional groups attached to an aromatic ring is 1. The van der Waals surface area contributed by atoms with Crippen molar-refractivity contribution in [3.63, 3.8) is 0 Å². The Morgan fingerprint density at radius 2 is 1.92 bits per heavy atom. The Morgan fingerprint density at radius 3 is 2.65 bits per heavy atom. The summed E-state index contributed by atoms with van der Waals surface area (Å²) in [5.41, 5.74) is 9.80. The van der Waals surface area contributed by atoms with E-state index in [4.69, 9.17) is 17.3 Å². The van der Waals surface area contributed by atoms with E-state index in [9.17, 15) is 4.79 Å². The molecule has 2 aromatic carbocycles. The van der Waals surface area contributed by atoms with Crippen LogP contribution in [0.5, 0.6) is 0 Å². The molecule has 1 aliphatic carbocycles. The highest BCUT2D eigenvalue weighted by atomic mass is 35.5. The molecule has 0 spiro atoms. The summed E-state index contributed by atoms with van der Waals surface area (Å²) in [6.07, 6.45) is 1.86. The third kappa shape index (κ3) is 2.30. The van der Waals surface area contributed by atoms with E-state index in [1.54, 1.807) is 18.2 Å². The monoisotopic (exact) mass is 368 g/mol. The molecule has 2 aromatic rings. The molecule has 0 unspecified atom stereocenters. The second-order valence-electron chi connectivity index (χ2n) is 8.42. The quantitative estimate of drug-likeness (QED) is 0.743. The van der Waals surface area contributed by atoms with Crippen LogP contribution in [-0.4, -0.2) is 23.4 Å². The van der Waals surface area contributed by atoms with Crippen molar-refractivity contribution in [1.82, 2.24) is 4.90 Å². The van der Waals surface area contributed by atoms with Gasteiger partial charge in [0.05, 0.1) is 10.7 Å². The number of halogens is 1. The molecule has 3 nitrogen and oxygen atoms in total. The normalized spacial score (nSPS) is 26.3. The van der Waals surface area contributed by atoms with Crippen LogP contribution in [0.1, 0.15) is 48.7 Å². The predicted molar refractivity (Wildman–Crippen MR) is 107 cm³/mol. The van der Waals surface area contributed by atoms with Gasteiger partial charge in [0.25, 0.3) is 5.91 Å². The lowest BCUT2D eigenvalue weighted by Crippen LogP contribution is -2.64. The van der Waals surface area contributed by atoms with Crippen LogP contribution >= 0.6 is 11.6 Å². The standard InChI is InChI=1S/C22H25ClN2O/c1-21(2)19-13-14-6-4-5-7-16(14)22(21,3)10-11-25(19)20(26)15-8-9-18(24)17(23)12-15/h4-9,12,19H,10-11,13,24H2,1-3H3/t19-,22+/m1/s1. The summed E-state index contributed by atoms with van der Waals surface area (Å²) in [5, 5.41) is 0.436. The highest BCUT2D eigenvalue weighted by Gasteiger charge is 2.56. The van der Waals surface area contributed by atoms with E-state index in [1.807, 2.05) is 0 Å². The predicted octanol–water partition coefficient (Wildman–Crippen LogP) is 4.68. The summed E-state index contributed by atoms with van der Waals surface area (Å²) in [6, 6.07) is 14.1. The SMILES string of the molecule is CC1(C)[C@H]2Cc3ccccc3[C@]1(C)CCN2C(=O)c1ccc(N)c(Cl)c1. The molecule has 0 saturated carbocycles. The molecule has 1 amide bonds. The largest absolute Gasteiger partial charge is 0.398 e. The molecule has 26 heavy (non-hydrogen) atoms. The molecule has 2 aliphatic rings. The maximum absolute atomic E-state index is 13.3. The van der Waals surface area contributed by atoms with Crippen molar-refractivity contribution in [2.24, 2.45) is 5.41 Å². The number of hydrogen-bond acceptors (Lipinski definition) is 2. The fourth-order valence-corrected chi connectivity index (χ4v) is 5.12. The number of piperidine rings is 1. The number of carbonyl (C=O) groups excluding carboxylic acids is 1. The second-order valence-corrected chi connectivity index (χ2v) is 8.82. The number of benzene rings is 2. The summed E-state index contributed by atoms with van der Waals surface area (Å²) < 4.78 is 0. The van der Waals surface area contributed by atoms with Gasteiger partial charge in [-0.3, -0.25) is 4.79 Å². The van der Waals surface area contributed by atoms with E-state index in [-0.39, 0.29) is 22.8 Å². The van der Waals surface area contributed by atoms with Crippen LogP contribution in [0.4, 0.5) is 5.69 Å². The molecule has 4 rings (SSSR count). The van der Waals surface area contributed by atoms with E-state index < -0.39 is 0 Å². The first kappa shape index (κ1) is 17.4. The molecule has 2 atom stereocenters. The molecule has 1 saturated heterocycles. The number of rotatable bonds is 1. The number of amides is 1. The Kier molecular flexibility index (Phi) is 3.85. The zero-order chi connectivity index (χ0) is 18.7. The summed E-state index contributed by atoms with van der Waals surface area (Å²) in [7, 11) is 0. The zero-order valence-corrected chi connectivity index (χ0v) is 16.3. The van der Waals surface area contributed by atoms with Crippen molar-refractivity contribution in [3.8, 4) is 0 Å². The molecule has 2 bridgehead atoms. The second kappa shape index (κ2) is 5.75. The van der Waals surface area contributed by atoms with Gasteiger partial charge in [-0.25, -0.2) is 0 Å². The Balaban J connectivity index is 1.76. The highest BCUT2D eigenvalue weighted by Crippen LogP contribution is 2.56. The van der Waals surface area contributed by atoms with E-state index >= 15 is 0 Å². The lowest BCUT2D eigenvalue weighted by atomic mass is 9.51. The van der Waals surface area contributed by atoms with Gasteiger partial charge in [-0.05, 0) is 47.6 Å². The van der Waals surface area contributed by atoms with Crippen molar-refractivity contribution < 1.29 is 4.79 Å². The number of likely N-dealkylation sites (tertiary alicyclic amines) is 1. The van der Waals surface area contributed by atoms with Gasteiger partial charge in [-0.1, -0.05) is 56.6 Å². The summed E-state index contributed by atoms with van der Waals surface area (Å²) in [6.45, 7) is 7.74. The molecule has 0 radical (unpaired) electrons. The summed E-state index contributed by atoms with van der Waals surface area (Å²) in [4.78, 5) is 15.3.